The Kier molecular flexibility index (Phi) is 4.78. The van der Waals surface area contributed by atoms with Crippen molar-refractivity contribution in [2.45, 2.75) is 25.9 Å². The van der Waals surface area contributed by atoms with Crippen molar-refractivity contribution in [3.63, 3.8) is 0 Å². The standard InChI is InChI=1S/C10H18N4O2/c1-8(7-9(11)15)12-10-3-4-14(13-10)5-6-16-2/h3-4,8H,5-7H2,1-2H3,(H2,11,15)(H,12,13). The highest BCUT2D eigenvalue weighted by Crippen LogP contribution is 2.06. The van der Waals surface area contributed by atoms with Crippen LogP contribution in [0.15, 0.2) is 12.3 Å². The molecule has 6 heteroatoms. The Bertz CT molecular complexity index is 337. The summed E-state index contributed by atoms with van der Waals surface area (Å²) < 4.78 is 6.73. The van der Waals surface area contributed by atoms with E-state index < -0.39 is 0 Å². The Labute approximate surface area is 94.8 Å². The third kappa shape index (κ3) is 4.31. The first-order valence-corrected chi connectivity index (χ1v) is 5.19. The Morgan fingerprint density at radius 2 is 2.50 bits per heavy atom. The van der Waals surface area contributed by atoms with Gasteiger partial charge in [-0.25, -0.2) is 0 Å². The summed E-state index contributed by atoms with van der Waals surface area (Å²) in [4.78, 5) is 10.7. The average molecular weight is 226 g/mol. The van der Waals surface area contributed by atoms with Crippen molar-refractivity contribution in [1.82, 2.24) is 9.78 Å². The monoisotopic (exact) mass is 226 g/mol. The second-order valence-electron chi connectivity index (χ2n) is 3.67. The summed E-state index contributed by atoms with van der Waals surface area (Å²) in [5.41, 5.74) is 5.10. The molecule has 0 aliphatic carbocycles. The Morgan fingerprint density at radius 3 is 3.12 bits per heavy atom. The minimum absolute atomic E-state index is 0.0109. The van der Waals surface area contributed by atoms with E-state index in [9.17, 15) is 4.79 Å². The summed E-state index contributed by atoms with van der Waals surface area (Å²) in [5.74, 6) is 0.420. The molecule has 1 atom stereocenters. The third-order valence-corrected chi connectivity index (χ3v) is 2.07. The van der Waals surface area contributed by atoms with Crippen LogP contribution < -0.4 is 11.1 Å². The topological polar surface area (TPSA) is 82.2 Å². The lowest BCUT2D eigenvalue weighted by molar-refractivity contribution is -0.118. The highest BCUT2D eigenvalue weighted by Gasteiger charge is 2.07. The number of carbonyl (C=O) groups is 1. The highest BCUT2D eigenvalue weighted by atomic mass is 16.5. The van der Waals surface area contributed by atoms with Gasteiger partial charge in [0.05, 0.1) is 13.2 Å². The van der Waals surface area contributed by atoms with Gasteiger partial charge in [-0.05, 0) is 6.92 Å². The molecule has 0 aromatic carbocycles. The number of rotatable bonds is 7. The first kappa shape index (κ1) is 12.5. The van der Waals surface area contributed by atoms with Gasteiger partial charge in [0.15, 0.2) is 0 Å². The molecule has 6 nitrogen and oxygen atoms in total. The van der Waals surface area contributed by atoms with Crippen molar-refractivity contribution in [1.29, 1.82) is 0 Å². The number of nitrogens with zero attached hydrogens (tertiary/aromatic N) is 2. The molecule has 1 amide bonds. The summed E-state index contributed by atoms with van der Waals surface area (Å²) in [6.45, 7) is 3.22. The number of aromatic nitrogens is 2. The van der Waals surface area contributed by atoms with Crippen LogP contribution in [-0.2, 0) is 16.1 Å². The molecule has 1 unspecified atom stereocenters. The van der Waals surface area contributed by atoms with Gasteiger partial charge in [0.2, 0.25) is 5.91 Å². The van der Waals surface area contributed by atoms with E-state index >= 15 is 0 Å². The van der Waals surface area contributed by atoms with Crippen molar-refractivity contribution in [3.8, 4) is 0 Å². The number of ether oxygens (including phenoxy) is 1. The Morgan fingerprint density at radius 1 is 1.75 bits per heavy atom. The van der Waals surface area contributed by atoms with Crippen LogP contribution in [-0.4, -0.2) is 35.4 Å². The lowest BCUT2D eigenvalue weighted by Gasteiger charge is -2.10. The van der Waals surface area contributed by atoms with E-state index in [1.165, 1.54) is 0 Å². The molecular weight excluding hydrogens is 208 g/mol. The van der Waals surface area contributed by atoms with Gasteiger partial charge in [-0.3, -0.25) is 9.48 Å². The molecule has 1 aromatic rings. The zero-order valence-electron chi connectivity index (χ0n) is 9.64. The maximum Gasteiger partial charge on any atom is 0.219 e. The van der Waals surface area contributed by atoms with Gasteiger partial charge in [0.25, 0.3) is 0 Å². The van der Waals surface area contributed by atoms with Gasteiger partial charge in [-0.15, -0.1) is 0 Å². The number of nitrogens with one attached hydrogen (secondary N) is 1. The summed E-state index contributed by atoms with van der Waals surface area (Å²) in [5, 5.41) is 7.36. The van der Waals surface area contributed by atoms with Crippen molar-refractivity contribution >= 4 is 11.7 Å². The molecule has 0 saturated carbocycles. The Balaban J connectivity index is 2.42. The molecule has 0 spiro atoms. The molecule has 3 N–H and O–H groups in total. The molecular formula is C10H18N4O2. The second kappa shape index (κ2) is 6.12. The molecule has 0 aliphatic heterocycles. The summed E-state index contributed by atoms with van der Waals surface area (Å²) in [7, 11) is 1.65. The first-order chi connectivity index (χ1) is 7.61. The van der Waals surface area contributed by atoms with Crippen molar-refractivity contribution in [2.24, 2.45) is 5.73 Å². The van der Waals surface area contributed by atoms with Crippen LogP contribution in [0.5, 0.6) is 0 Å². The van der Waals surface area contributed by atoms with Crippen LogP contribution in [0.3, 0.4) is 0 Å². The largest absolute Gasteiger partial charge is 0.383 e. The second-order valence-corrected chi connectivity index (χ2v) is 3.67. The smallest absolute Gasteiger partial charge is 0.219 e. The van der Waals surface area contributed by atoms with E-state index in [-0.39, 0.29) is 11.9 Å². The zero-order valence-corrected chi connectivity index (χ0v) is 9.64. The molecule has 90 valence electrons. The molecule has 1 rings (SSSR count). The van der Waals surface area contributed by atoms with Crippen LogP contribution in [0.25, 0.3) is 0 Å². The summed E-state index contributed by atoms with van der Waals surface area (Å²) >= 11 is 0. The predicted molar refractivity (Wildman–Crippen MR) is 61.0 cm³/mol. The number of anilines is 1. The van der Waals surface area contributed by atoms with E-state index in [1.54, 1.807) is 11.8 Å². The van der Waals surface area contributed by atoms with Gasteiger partial charge < -0.3 is 15.8 Å². The fraction of sp³-hybridized carbons (Fsp3) is 0.600. The number of amides is 1. The van der Waals surface area contributed by atoms with Gasteiger partial charge in [0.1, 0.15) is 5.82 Å². The molecule has 1 aromatic heterocycles. The van der Waals surface area contributed by atoms with E-state index in [0.29, 0.717) is 19.6 Å². The highest BCUT2D eigenvalue weighted by molar-refractivity contribution is 5.74. The average Bonchev–Trinajstić information content (AvgIpc) is 2.61. The fourth-order valence-corrected chi connectivity index (χ4v) is 1.35. The van der Waals surface area contributed by atoms with Crippen molar-refractivity contribution in [2.75, 3.05) is 19.0 Å². The van der Waals surface area contributed by atoms with Crippen LogP contribution in [0, 0.1) is 0 Å². The van der Waals surface area contributed by atoms with E-state index in [0.717, 1.165) is 5.82 Å². The third-order valence-electron chi connectivity index (χ3n) is 2.07. The maximum atomic E-state index is 10.7. The molecule has 0 bridgehead atoms. The molecule has 1 heterocycles. The van der Waals surface area contributed by atoms with Crippen LogP contribution in [0.2, 0.25) is 0 Å². The van der Waals surface area contributed by atoms with Crippen LogP contribution in [0.4, 0.5) is 5.82 Å². The zero-order chi connectivity index (χ0) is 12.0. The quantitative estimate of drug-likeness (QED) is 0.696. The molecule has 0 saturated heterocycles. The number of nitrogens with two attached hydrogens (primary N) is 1. The first-order valence-electron chi connectivity index (χ1n) is 5.19. The summed E-state index contributed by atoms with van der Waals surface area (Å²) in [6, 6.07) is 1.84. The number of hydrogen-bond donors (Lipinski definition) is 2. The van der Waals surface area contributed by atoms with Crippen molar-refractivity contribution < 1.29 is 9.53 Å². The minimum Gasteiger partial charge on any atom is -0.383 e. The summed E-state index contributed by atoms with van der Waals surface area (Å²) in [6.07, 6.45) is 2.16. The number of carbonyl (C=O) groups excluding carboxylic acids is 1. The predicted octanol–water partition coefficient (Wildman–Crippen LogP) is 0.205. The molecule has 16 heavy (non-hydrogen) atoms. The molecule has 0 radical (unpaired) electrons. The minimum atomic E-state index is -0.321. The normalized spacial score (nSPS) is 12.4. The lowest BCUT2D eigenvalue weighted by Crippen LogP contribution is -2.24. The molecule has 0 fully saturated rings. The Hall–Kier alpha value is -1.56. The van der Waals surface area contributed by atoms with Gasteiger partial charge in [-0.1, -0.05) is 0 Å². The van der Waals surface area contributed by atoms with Crippen LogP contribution >= 0.6 is 0 Å². The van der Waals surface area contributed by atoms with Crippen LogP contribution in [0.1, 0.15) is 13.3 Å². The number of primary amides is 1. The number of hydrogen-bond acceptors (Lipinski definition) is 4. The van der Waals surface area contributed by atoms with Gasteiger partial charge in [0, 0.05) is 31.8 Å². The SMILES string of the molecule is COCCn1ccc(NC(C)CC(N)=O)n1. The maximum absolute atomic E-state index is 10.7. The van der Waals surface area contributed by atoms with Gasteiger partial charge in [-0.2, -0.15) is 5.10 Å². The van der Waals surface area contributed by atoms with E-state index in [1.807, 2.05) is 19.2 Å². The number of methoxy groups -OCH3 is 1. The van der Waals surface area contributed by atoms with Gasteiger partial charge >= 0.3 is 0 Å². The molecule has 0 aliphatic rings. The van der Waals surface area contributed by atoms with E-state index in [2.05, 4.69) is 10.4 Å². The fourth-order valence-electron chi connectivity index (χ4n) is 1.35. The van der Waals surface area contributed by atoms with E-state index in [4.69, 9.17) is 10.5 Å². The lowest BCUT2D eigenvalue weighted by atomic mass is 10.2. The van der Waals surface area contributed by atoms with Crippen molar-refractivity contribution in [3.05, 3.63) is 12.3 Å².